The fourth-order valence-electron chi connectivity index (χ4n) is 3.73. The van der Waals surface area contributed by atoms with E-state index in [0.29, 0.717) is 12.5 Å². The van der Waals surface area contributed by atoms with Gasteiger partial charge in [0, 0.05) is 37.1 Å². The molecule has 0 radical (unpaired) electrons. The number of halogens is 1. The summed E-state index contributed by atoms with van der Waals surface area (Å²) in [7, 11) is 1.73. The quantitative estimate of drug-likeness (QED) is 0.541. The van der Waals surface area contributed by atoms with Crippen molar-refractivity contribution < 1.29 is 13.7 Å². The maximum atomic E-state index is 5.65. The van der Waals surface area contributed by atoms with E-state index in [0.717, 1.165) is 60.7 Å². The van der Waals surface area contributed by atoms with Gasteiger partial charge in [-0.2, -0.15) is 4.98 Å². The summed E-state index contributed by atoms with van der Waals surface area (Å²) in [6.45, 7) is 3.37. The van der Waals surface area contributed by atoms with Crippen LogP contribution in [0, 0.1) is 0 Å². The number of hydrogen-bond acceptors (Lipinski definition) is 7. The van der Waals surface area contributed by atoms with E-state index in [-0.39, 0.29) is 5.41 Å². The van der Waals surface area contributed by atoms with Crippen molar-refractivity contribution in [1.82, 2.24) is 20.0 Å². The van der Waals surface area contributed by atoms with Crippen LogP contribution in [0.1, 0.15) is 30.8 Å². The summed E-state index contributed by atoms with van der Waals surface area (Å²) in [6.07, 6.45) is 6.23. The lowest BCUT2D eigenvalue weighted by Gasteiger charge is -2.39. The van der Waals surface area contributed by atoms with Crippen molar-refractivity contribution in [2.45, 2.75) is 31.2 Å². The Morgan fingerprint density at radius 3 is 2.64 bits per heavy atom. The summed E-state index contributed by atoms with van der Waals surface area (Å²) in [5.74, 6) is 2.28. The van der Waals surface area contributed by atoms with E-state index in [1.807, 2.05) is 24.3 Å². The van der Waals surface area contributed by atoms with Crippen LogP contribution in [0.25, 0.3) is 11.5 Å². The summed E-state index contributed by atoms with van der Waals surface area (Å²) >= 11 is 3.37. The minimum atomic E-state index is -0.134. The number of ether oxygens (including phenoxy) is 1. The first kappa shape index (κ1) is 19.3. The topological polar surface area (TPSA) is 77.4 Å². The summed E-state index contributed by atoms with van der Waals surface area (Å²) in [6, 6.07) is 7.70. The van der Waals surface area contributed by atoms with E-state index in [1.165, 1.54) is 0 Å². The SMILES string of the molecule is COCCC1(c2noc(-c3ccncc3)n2)CCN(Cc2ccc(Br)o2)CC1. The fourth-order valence-corrected chi connectivity index (χ4v) is 4.07. The van der Waals surface area contributed by atoms with E-state index in [9.17, 15) is 0 Å². The summed E-state index contributed by atoms with van der Waals surface area (Å²) in [5, 5.41) is 4.35. The van der Waals surface area contributed by atoms with Gasteiger partial charge in [0.05, 0.1) is 6.54 Å². The molecule has 1 aliphatic heterocycles. The van der Waals surface area contributed by atoms with Crippen molar-refractivity contribution in [3.63, 3.8) is 0 Å². The highest BCUT2D eigenvalue weighted by Crippen LogP contribution is 2.38. The fraction of sp³-hybridized carbons (Fsp3) is 0.450. The monoisotopic (exact) mass is 446 g/mol. The van der Waals surface area contributed by atoms with Gasteiger partial charge in [0.25, 0.3) is 5.89 Å². The molecule has 3 aromatic heterocycles. The maximum Gasteiger partial charge on any atom is 0.258 e. The molecule has 3 aromatic rings. The Morgan fingerprint density at radius 1 is 1.18 bits per heavy atom. The molecule has 0 atom stereocenters. The van der Waals surface area contributed by atoms with Crippen LogP contribution in [0.15, 0.2) is 50.3 Å². The first-order chi connectivity index (χ1) is 13.7. The third-order valence-corrected chi connectivity index (χ3v) is 5.86. The Morgan fingerprint density at radius 2 is 1.96 bits per heavy atom. The molecule has 0 spiro atoms. The minimum Gasteiger partial charge on any atom is -0.453 e. The molecule has 1 fully saturated rings. The Labute approximate surface area is 172 Å². The number of pyridine rings is 1. The number of piperidine rings is 1. The highest BCUT2D eigenvalue weighted by molar-refractivity contribution is 9.10. The summed E-state index contributed by atoms with van der Waals surface area (Å²) in [4.78, 5) is 11.2. The maximum absolute atomic E-state index is 5.65. The molecule has 0 aromatic carbocycles. The van der Waals surface area contributed by atoms with Gasteiger partial charge in [-0.05, 0) is 72.5 Å². The zero-order valence-electron chi connectivity index (χ0n) is 15.8. The number of rotatable bonds is 7. The van der Waals surface area contributed by atoms with Crippen molar-refractivity contribution in [2.75, 3.05) is 26.8 Å². The highest BCUT2D eigenvalue weighted by atomic mass is 79.9. The Balaban J connectivity index is 1.49. The van der Waals surface area contributed by atoms with E-state index in [2.05, 4.69) is 31.0 Å². The average molecular weight is 447 g/mol. The number of furan rings is 1. The van der Waals surface area contributed by atoms with Gasteiger partial charge >= 0.3 is 0 Å². The van der Waals surface area contributed by atoms with Crippen LogP contribution in [0.4, 0.5) is 0 Å². The number of nitrogens with zero attached hydrogens (tertiary/aromatic N) is 4. The largest absolute Gasteiger partial charge is 0.453 e. The lowest BCUT2D eigenvalue weighted by molar-refractivity contribution is 0.0990. The molecule has 148 valence electrons. The van der Waals surface area contributed by atoms with E-state index in [1.54, 1.807) is 19.5 Å². The number of methoxy groups -OCH3 is 1. The summed E-state index contributed by atoms with van der Waals surface area (Å²) < 4.78 is 17.4. The average Bonchev–Trinajstić information content (AvgIpc) is 3.38. The van der Waals surface area contributed by atoms with Gasteiger partial charge in [-0.25, -0.2) is 0 Å². The van der Waals surface area contributed by atoms with Crippen LogP contribution in [-0.2, 0) is 16.7 Å². The van der Waals surface area contributed by atoms with Crippen molar-refractivity contribution >= 4 is 15.9 Å². The van der Waals surface area contributed by atoms with Crippen LogP contribution in [0.5, 0.6) is 0 Å². The molecule has 1 saturated heterocycles. The molecule has 0 saturated carbocycles. The molecule has 4 rings (SSSR count). The van der Waals surface area contributed by atoms with Crippen molar-refractivity contribution in [3.8, 4) is 11.5 Å². The van der Waals surface area contributed by atoms with Gasteiger partial charge in [0.15, 0.2) is 10.5 Å². The van der Waals surface area contributed by atoms with E-state index >= 15 is 0 Å². The van der Waals surface area contributed by atoms with E-state index < -0.39 is 0 Å². The van der Waals surface area contributed by atoms with Crippen LogP contribution in [0.3, 0.4) is 0 Å². The Bertz CT molecular complexity index is 888. The third kappa shape index (κ3) is 4.19. The van der Waals surface area contributed by atoms with Crippen molar-refractivity contribution in [1.29, 1.82) is 0 Å². The first-order valence-corrected chi connectivity index (χ1v) is 10.2. The second kappa shape index (κ2) is 8.55. The lowest BCUT2D eigenvalue weighted by Crippen LogP contribution is -2.43. The zero-order valence-corrected chi connectivity index (χ0v) is 17.4. The Hall–Kier alpha value is -2.03. The number of aromatic nitrogens is 3. The molecule has 4 heterocycles. The predicted octanol–water partition coefficient (Wildman–Crippen LogP) is 4.06. The smallest absolute Gasteiger partial charge is 0.258 e. The third-order valence-electron chi connectivity index (χ3n) is 5.43. The second-order valence-corrected chi connectivity index (χ2v) is 7.95. The molecule has 28 heavy (non-hydrogen) atoms. The standard InChI is InChI=1S/C20H23BrN4O3/c1-26-13-8-20(19-23-18(28-24-19)15-4-9-22-10-5-15)6-11-25(12-7-20)14-16-2-3-17(21)27-16/h2-5,9-10H,6-8,11-14H2,1H3. The van der Waals surface area contributed by atoms with Crippen molar-refractivity contribution in [3.05, 3.63) is 52.9 Å². The Kier molecular flexibility index (Phi) is 5.89. The van der Waals surface area contributed by atoms with Crippen molar-refractivity contribution in [2.24, 2.45) is 0 Å². The van der Waals surface area contributed by atoms with Gasteiger partial charge in [-0.3, -0.25) is 9.88 Å². The van der Waals surface area contributed by atoms with Crippen LogP contribution in [0.2, 0.25) is 0 Å². The lowest BCUT2D eigenvalue weighted by atomic mass is 9.75. The normalized spacial score (nSPS) is 17.1. The van der Waals surface area contributed by atoms with Crippen LogP contribution < -0.4 is 0 Å². The van der Waals surface area contributed by atoms with Gasteiger partial charge in [-0.15, -0.1) is 0 Å². The molecule has 8 heteroatoms. The van der Waals surface area contributed by atoms with Crippen LogP contribution >= 0.6 is 15.9 Å². The van der Waals surface area contributed by atoms with Gasteiger partial charge in [-0.1, -0.05) is 5.16 Å². The second-order valence-electron chi connectivity index (χ2n) is 7.16. The van der Waals surface area contributed by atoms with Gasteiger partial charge < -0.3 is 13.7 Å². The van der Waals surface area contributed by atoms with Crippen LogP contribution in [-0.4, -0.2) is 46.8 Å². The molecule has 0 amide bonds. The number of hydrogen-bond donors (Lipinski definition) is 0. The molecule has 0 bridgehead atoms. The van der Waals surface area contributed by atoms with Gasteiger partial charge in [0.2, 0.25) is 0 Å². The number of likely N-dealkylation sites (tertiary alicyclic amines) is 1. The predicted molar refractivity (Wildman–Crippen MR) is 107 cm³/mol. The van der Waals surface area contributed by atoms with E-state index in [4.69, 9.17) is 18.7 Å². The molecule has 0 N–H and O–H groups in total. The zero-order chi connectivity index (χ0) is 19.4. The molecule has 0 unspecified atom stereocenters. The highest BCUT2D eigenvalue weighted by Gasteiger charge is 2.40. The van der Waals surface area contributed by atoms with Gasteiger partial charge in [0.1, 0.15) is 5.76 Å². The molecular weight excluding hydrogens is 424 g/mol. The molecule has 7 nitrogen and oxygen atoms in total. The molecule has 0 aliphatic carbocycles. The first-order valence-electron chi connectivity index (χ1n) is 9.39. The summed E-state index contributed by atoms with van der Waals surface area (Å²) in [5.41, 5.74) is 0.752. The molecular formula is C20H23BrN4O3. The molecule has 1 aliphatic rings. The minimum absolute atomic E-state index is 0.134.